The number of nitrogens with one attached hydrogen (secondary N) is 1. The molecular formula is C21H24BF3N2O3. The van der Waals surface area contributed by atoms with Crippen molar-refractivity contribution in [1.29, 1.82) is 0 Å². The van der Waals surface area contributed by atoms with Crippen LogP contribution in [0.15, 0.2) is 43.1 Å². The smallest absolute Gasteiger partial charge is 0.494 e. The molecule has 1 aliphatic heterocycles. The molecule has 0 saturated carbocycles. The Hall–Kier alpha value is -2.52. The number of alkyl halides is 3. The molecule has 0 radical (unpaired) electrons. The highest BCUT2D eigenvalue weighted by Crippen LogP contribution is 2.36. The first kappa shape index (κ1) is 22.2. The molecule has 0 bridgehead atoms. The number of nitrogens with zero attached hydrogens (tertiary/aromatic N) is 1. The molecule has 5 nitrogen and oxygen atoms in total. The normalized spacial score (nSPS) is 17.8. The molecule has 2 aromatic rings. The lowest BCUT2D eigenvalue weighted by atomic mass is 9.79. The van der Waals surface area contributed by atoms with Crippen LogP contribution in [0.3, 0.4) is 0 Å². The summed E-state index contributed by atoms with van der Waals surface area (Å²) in [5.74, 6) is -0.377. The highest BCUT2D eigenvalue weighted by Gasteiger charge is 2.51. The maximum atomic E-state index is 12.9. The molecule has 1 aliphatic rings. The third-order valence-electron chi connectivity index (χ3n) is 5.49. The van der Waals surface area contributed by atoms with Gasteiger partial charge in [-0.05, 0) is 44.8 Å². The van der Waals surface area contributed by atoms with Crippen LogP contribution < -0.4 is 10.8 Å². The number of benzene rings is 1. The van der Waals surface area contributed by atoms with Gasteiger partial charge in [0.05, 0.1) is 22.3 Å². The third-order valence-corrected chi connectivity index (χ3v) is 5.49. The number of pyridine rings is 1. The first-order valence-electron chi connectivity index (χ1n) is 9.44. The number of rotatable bonds is 5. The van der Waals surface area contributed by atoms with Crippen molar-refractivity contribution in [1.82, 2.24) is 4.98 Å². The molecule has 2 N–H and O–H groups in total. The summed E-state index contributed by atoms with van der Waals surface area (Å²) in [6.45, 7) is 11.5. The summed E-state index contributed by atoms with van der Waals surface area (Å²) in [4.78, 5) is 3.80. The van der Waals surface area contributed by atoms with Crippen LogP contribution >= 0.6 is 0 Å². The van der Waals surface area contributed by atoms with E-state index in [4.69, 9.17) is 9.31 Å². The summed E-state index contributed by atoms with van der Waals surface area (Å²) >= 11 is 0. The summed E-state index contributed by atoms with van der Waals surface area (Å²) in [7, 11) is -0.474. The number of aliphatic hydroxyl groups is 1. The lowest BCUT2D eigenvalue weighted by molar-refractivity contribution is -0.137. The Balaban J connectivity index is 1.71. The van der Waals surface area contributed by atoms with Crippen LogP contribution in [-0.2, 0) is 22.0 Å². The molecule has 2 heterocycles. The molecule has 1 saturated heterocycles. The Bertz CT molecular complexity index is 928. The Labute approximate surface area is 174 Å². The van der Waals surface area contributed by atoms with Gasteiger partial charge in [0.15, 0.2) is 0 Å². The molecule has 1 aromatic heterocycles. The molecule has 0 unspecified atom stereocenters. The Kier molecular flexibility index (Phi) is 5.64. The first-order valence-corrected chi connectivity index (χ1v) is 9.44. The van der Waals surface area contributed by atoms with Gasteiger partial charge in [-0.2, -0.15) is 13.2 Å². The van der Waals surface area contributed by atoms with Crippen molar-refractivity contribution in [2.24, 2.45) is 0 Å². The van der Waals surface area contributed by atoms with Crippen LogP contribution in [-0.4, -0.2) is 28.4 Å². The lowest BCUT2D eigenvalue weighted by Gasteiger charge is -2.32. The van der Waals surface area contributed by atoms with E-state index in [1.54, 1.807) is 0 Å². The summed E-state index contributed by atoms with van der Waals surface area (Å²) < 4.78 is 50.7. The minimum Gasteiger partial charge on any atom is -0.508 e. The minimum absolute atomic E-state index is 0.0985. The van der Waals surface area contributed by atoms with E-state index in [1.165, 1.54) is 0 Å². The fourth-order valence-corrected chi connectivity index (χ4v) is 2.94. The van der Waals surface area contributed by atoms with E-state index in [-0.39, 0.29) is 11.4 Å². The van der Waals surface area contributed by atoms with E-state index < -0.39 is 35.8 Å². The first-order chi connectivity index (χ1) is 13.8. The van der Waals surface area contributed by atoms with Gasteiger partial charge in [0, 0.05) is 12.7 Å². The third kappa shape index (κ3) is 4.47. The van der Waals surface area contributed by atoms with Crippen LogP contribution in [0.1, 0.15) is 44.4 Å². The predicted octanol–water partition coefficient (Wildman–Crippen LogP) is 4.54. The van der Waals surface area contributed by atoms with Crippen molar-refractivity contribution in [2.45, 2.75) is 51.6 Å². The quantitative estimate of drug-likeness (QED) is 0.550. The molecule has 160 valence electrons. The minimum atomic E-state index is -4.56. The van der Waals surface area contributed by atoms with Crippen molar-refractivity contribution >= 4 is 24.2 Å². The van der Waals surface area contributed by atoms with Crippen LogP contribution in [0.25, 0.3) is 5.76 Å². The van der Waals surface area contributed by atoms with Gasteiger partial charge in [-0.25, -0.2) is 4.98 Å². The zero-order valence-corrected chi connectivity index (χ0v) is 17.3. The lowest BCUT2D eigenvalue weighted by Crippen LogP contribution is -2.41. The average molecular weight is 420 g/mol. The standard InChI is InChI=1S/C21H24BF3N2O3/c1-13(28)17-10-15(21(23,24)25)12-27-18(17)26-11-14-6-8-16(9-7-14)22-29-19(2,3)20(4,5)30-22/h6-10,12,28H,1,11H2,2-5H3,(H,26,27). The van der Waals surface area contributed by atoms with Crippen LogP contribution in [0, 0.1) is 0 Å². The van der Waals surface area contributed by atoms with Crippen LogP contribution in [0.4, 0.5) is 19.0 Å². The Morgan fingerprint density at radius 1 is 1.13 bits per heavy atom. The van der Waals surface area contributed by atoms with Gasteiger partial charge >= 0.3 is 13.3 Å². The second kappa shape index (κ2) is 7.63. The van der Waals surface area contributed by atoms with Gasteiger partial charge in [0.1, 0.15) is 11.6 Å². The largest absolute Gasteiger partial charge is 0.508 e. The second-order valence-electron chi connectivity index (χ2n) is 8.25. The molecule has 0 atom stereocenters. The molecule has 9 heteroatoms. The molecule has 1 aromatic carbocycles. The van der Waals surface area contributed by atoms with Gasteiger partial charge < -0.3 is 19.7 Å². The maximum absolute atomic E-state index is 12.9. The van der Waals surface area contributed by atoms with Gasteiger partial charge in [0.25, 0.3) is 0 Å². The molecule has 0 amide bonds. The van der Waals surface area contributed by atoms with Gasteiger partial charge in [-0.3, -0.25) is 0 Å². The monoisotopic (exact) mass is 420 g/mol. The van der Waals surface area contributed by atoms with Gasteiger partial charge in [0.2, 0.25) is 0 Å². The highest BCUT2D eigenvalue weighted by molar-refractivity contribution is 6.62. The van der Waals surface area contributed by atoms with Crippen molar-refractivity contribution < 1.29 is 27.6 Å². The van der Waals surface area contributed by atoms with Crippen molar-refractivity contribution in [3.8, 4) is 0 Å². The van der Waals surface area contributed by atoms with Gasteiger partial charge in [-0.1, -0.05) is 30.8 Å². The van der Waals surface area contributed by atoms with Crippen LogP contribution in [0.5, 0.6) is 0 Å². The van der Waals surface area contributed by atoms with Crippen molar-refractivity contribution in [2.75, 3.05) is 5.32 Å². The van der Waals surface area contributed by atoms with Crippen molar-refractivity contribution in [3.05, 3.63) is 59.8 Å². The zero-order chi connectivity index (χ0) is 22.3. The van der Waals surface area contributed by atoms with E-state index in [0.29, 0.717) is 6.54 Å². The molecular weight excluding hydrogens is 396 g/mol. The average Bonchev–Trinajstić information content (AvgIpc) is 2.87. The Morgan fingerprint density at radius 2 is 1.70 bits per heavy atom. The number of aromatic nitrogens is 1. The maximum Gasteiger partial charge on any atom is 0.494 e. The zero-order valence-electron chi connectivity index (χ0n) is 17.3. The topological polar surface area (TPSA) is 63.6 Å². The fraction of sp³-hybridized carbons (Fsp3) is 0.381. The number of aliphatic hydroxyl groups excluding tert-OH is 1. The molecule has 0 spiro atoms. The molecule has 0 aliphatic carbocycles. The summed E-state index contributed by atoms with van der Waals surface area (Å²) in [5, 5.41) is 12.6. The SMILES string of the molecule is C=C(O)c1cc(C(F)(F)F)cnc1NCc1ccc(B2OC(C)(C)C(C)(C)O2)cc1. The summed E-state index contributed by atoms with van der Waals surface area (Å²) in [6.07, 6.45) is -3.84. The number of hydrogen-bond acceptors (Lipinski definition) is 5. The number of hydrogen-bond donors (Lipinski definition) is 2. The van der Waals surface area contributed by atoms with E-state index in [2.05, 4.69) is 16.9 Å². The second-order valence-corrected chi connectivity index (χ2v) is 8.25. The van der Waals surface area contributed by atoms with E-state index in [1.807, 2.05) is 52.0 Å². The highest BCUT2D eigenvalue weighted by atomic mass is 19.4. The summed E-state index contributed by atoms with van der Waals surface area (Å²) in [5.41, 5.74) is -0.186. The van der Waals surface area contributed by atoms with Crippen molar-refractivity contribution in [3.63, 3.8) is 0 Å². The van der Waals surface area contributed by atoms with E-state index in [0.717, 1.165) is 23.3 Å². The predicted molar refractivity (Wildman–Crippen MR) is 110 cm³/mol. The summed E-state index contributed by atoms with van der Waals surface area (Å²) in [6, 6.07) is 8.31. The molecule has 1 fully saturated rings. The van der Waals surface area contributed by atoms with E-state index >= 15 is 0 Å². The number of anilines is 1. The van der Waals surface area contributed by atoms with E-state index in [9.17, 15) is 18.3 Å². The fourth-order valence-electron chi connectivity index (χ4n) is 2.94. The molecule has 3 rings (SSSR count). The molecule has 30 heavy (non-hydrogen) atoms. The number of halogens is 3. The van der Waals surface area contributed by atoms with Gasteiger partial charge in [-0.15, -0.1) is 0 Å². The Morgan fingerprint density at radius 3 is 2.20 bits per heavy atom. The van der Waals surface area contributed by atoms with Crippen LogP contribution in [0.2, 0.25) is 0 Å².